The molecule has 0 amide bonds. The SMILES string of the molecule is Cn1nncc1C1(CCN)CCC1. The number of aromatic nitrogens is 3. The first kappa shape index (κ1) is 8.69. The average molecular weight is 180 g/mol. The highest BCUT2D eigenvalue weighted by Crippen LogP contribution is 2.45. The monoisotopic (exact) mass is 180 g/mol. The second-order valence-electron chi connectivity index (χ2n) is 3.92. The van der Waals surface area contributed by atoms with Crippen molar-refractivity contribution in [3.8, 4) is 0 Å². The molecule has 1 aromatic rings. The summed E-state index contributed by atoms with van der Waals surface area (Å²) < 4.78 is 1.88. The lowest BCUT2D eigenvalue weighted by Crippen LogP contribution is -2.38. The van der Waals surface area contributed by atoms with Crippen molar-refractivity contribution in [2.45, 2.75) is 31.1 Å². The number of nitrogens with zero attached hydrogens (tertiary/aromatic N) is 3. The summed E-state index contributed by atoms with van der Waals surface area (Å²) in [7, 11) is 1.96. The van der Waals surface area contributed by atoms with E-state index in [0.717, 1.165) is 13.0 Å². The van der Waals surface area contributed by atoms with Crippen LogP contribution in [0.1, 0.15) is 31.4 Å². The van der Waals surface area contributed by atoms with Crippen LogP contribution < -0.4 is 5.73 Å². The number of hydrogen-bond acceptors (Lipinski definition) is 3. The number of hydrogen-bond donors (Lipinski definition) is 1. The van der Waals surface area contributed by atoms with Gasteiger partial charge in [0, 0.05) is 12.5 Å². The Morgan fingerprint density at radius 2 is 2.38 bits per heavy atom. The molecule has 1 fully saturated rings. The molecule has 1 heterocycles. The molecule has 1 aliphatic carbocycles. The van der Waals surface area contributed by atoms with Crippen LogP contribution in [0.15, 0.2) is 6.20 Å². The Bertz CT molecular complexity index is 288. The highest BCUT2D eigenvalue weighted by molar-refractivity contribution is 5.17. The predicted octanol–water partition coefficient (Wildman–Crippen LogP) is 0.586. The maximum Gasteiger partial charge on any atom is 0.0730 e. The van der Waals surface area contributed by atoms with E-state index in [1.807, 2.05) is 17.9 Å². The summed E-state index contributed by atoms with van der Waals surface area (Å²) in [6.45, 7) is 0.755. The zero-order valence-electron chi connectivity index (χ0n) is 8.03. The molecule has 0 saturated heterocycles. The molecule has 4 nitrogen and oxygen atoms in total. The molecule has 0 bridgehead atoms. The molecule has 4 heteroatoms. The molecule has 72 valence electrons. The number of nitrogens with two attached hydrogens (primary N) is 1. The van der Waals surface area contributed by atoms with Gasteiger partial charge in [-0.15, -0.1) is 5.10 Å². The molecule has 1 aliphatic rings. The first-order valence-corrected chi connectivity index (χ1v) is 4.84. The lowest BCUT2D eigenvalue weighted by atomic mass is 9.64. The van der Waals surface area contributed by atoms with Crippen molar-refractivity contribution in [1.82, 2.24) is 15.0 Å². The standard InChI is InChI=1S/C9H16N4/c1-13-8(7-11-12-13)9(5-6-10)3-2-4-9/h7H,2-6,10H2,1H3. The van der Waals surface area contributed by atoms with Gasteiger partial charge < -0.3 is 5.73 Å². The fourth-order valence-corrected chi connectivity index (χ4v) is 2.28. The molecule has 1 saturated carbocycles. The minimum Gasteiger partial charge on any atom is -0.330 e. The largest absolute Gasteiger partial charge is 0.330 e. The van der Waals surface area contributed by atoms with Gasteiger partial charge in [0.25, 0.3) is 0 Å². The van der Waals surface area contributed by atoms with Crippen LogP contribution in [0.4, 0.5) is 0 Å². The minimum absolute atomic E-state index is 0.299. The maximum absolute atomic E-state index is 5.63. The number of aryl methyl sites for hydroxylation is 1. The molecule has 0 aromatic carbocycles. The Balaban J connectivity index is 2.26. The Kier molecular flexibility index (Phi) is 2.07. The van der Waals surface area contributed by atoms with Gasteiger partial charge in [-0.1, -0.05) is 11.6 Å². The zero-order valence-corrected chi connectivity index (χ0v) is 8.03. The third-order valence-electron chi connectivity index (χ3n) is 3.19. The second-order valence-corrected chi connectivity index (χ2v) is 3.92. The van der Waals surface area contributed by atoms with Gasteiger partial charge >= 0.3 is 0 Å². The highest BCUT2D eigenvalue weighted by Gasteiger charge is 2.40. The Labute approximate surface area is 78.1 Å². The van der Waals surface area contributed by atoms with Crippen LogP contribution in [0.3, 0.4) is 0 Å². The molecule has 0 atom stereocenters. The van der Waals surface area contributed by atoms with Crippen molar-refractivity contribution in [3.05, 3.63) is 11.9 Å². The van der Waals surface area contributed by atoms with E-state index in [4.69, 9.17) is 5.73 Å². The highest BCUT2D eigenvalue weighted by atomic mass is 15.4. The van der Waals surface area contributed by atoms with Crippen LogP contribution in [0.2, 0.25) is 0 Å². The summed E-state index contributed by atoms with van der Waals surface area (Å²) in [5.41, 5.74) is 7.18. The second kappa shape index (κ2) is 3.10. The summed E-state index contributed by atoms with van der Waals surface area (Å²) in [5, 5.41) is 7.90. The molecular formula is C9H16N4. The summed E-state index contributed by atoms with van der Waals surface area (Å²) in [6, 6.07) is 0. The van der Waals surface area contributed by atoms with Crippen LogP contribution in [0.5, 0.6) is 0 Å². The van der Waals surface area contributed by atoms with Gasteiger partial charge in [-0.2, -0.15) is 0 Å². The van der Waals surface area contributed by atoms with Crippen molar-refractivity contribution in [2.24, 2.45) is 12.8 Å². The van der Waals surface area contributed by atoms with E-state index >= 15 is 0 Å². The Morgan fingerprint density at radius 3 is 2.77 bits per heavy atom. The lowest BCUT2D eigenvalue weighted by molar-refractivity contribution is 0.215. The summed E-state index contributed by atoms with van der Waals surface area (Å²) >= 11 is 0. The summed E-state index contributed by atoms with van der Waals surface area (Å²) in [4.78, 5) is 0. The van der Waals surface area contributed by atoms with Crippen LogP contribution in [-0.2, 0) is 12.5 Å². The number of rotatable bonds is 3. The van der Waals surface area contributed by atoms with Crippen molar-refractivity contribution in [2.75, 3.05) is 6.54 Å². The van der Waals surface area contributed by atoms with E-state index in [2.05, 4.69) is 10.3 Å². The van der Waals surface area contributed by atoms with Gasteiger partial charge in [-0.25, -0.2) is 0 Å². The van der Waals surface area contributed by atoms with Crippen molar-refractivity contribution >= 4 is 0 Å². The predicted molar refractivity (Wildman–Crippen MR) is 50.2 cm³/mol. The molecule has 0 aliphatic heterocycles. The van der Waals surface area contributed by atoms with Crippen molar-refractivity contribution in [3.63, 3.8) is 0 Å². The average Bonchev–Trinajstić information content (AvgIpc) is 2.44. The normalized spacial score (nSPS) is 19.8. The van der Waals surface area contributed by atoms with E-state index in [9.17, 15) is 0 Å². The first-order valence-electron chi connectivity index (χ1n) is 4.84. The van der Waals surface area contributed by atoms with Gasteiger partial charge in [-0.05, 0) is 25.8 Å². The lowest BCUT2D eigenvalue weighted by Gasteiger charge is -2.41. The third-order valence-corrected chi connectivity index (χ3v) is 3.19. The quantitative estimate of drug-likeness (QED) is 0.740. The zero-order chi connectivity index (χ0) is 9.31. The van der Waals surface area contributed by atoms with Crippen LogP contribution >= 0.6 is 0 Å². The first-order chi connectivity index (χ1) is 6.28. The Morgan fingerprint density at radius 1 is 1.62 bits per heavy atom. The van der Waals surface area contributed by atoms with Gasteiger partial charge in [0.2, 0.25) is 0 Å². The van der Waals surface area contributed by atoms with E-state index < -0.39 is 0 Å². The van der Waals surface area contributed by atoms with Crippen molar-refractivity contribution < 1.29 is 0 Å². The minimum atomic E-state index is 0.299. The van der Waals surface area contributed by atoms with E-state index in [0.29, 0.717) is 5.41 Å². The summed E-state index contributed by atoms with van der Waals surface area (Å²) in [6.07, 6.45) is 6.74. The van der Waals surface area contributed by atoms with E-state index in [1.54, 1.807) is 0 Å². The van der Waals surface area contributed by atoms with E-state index in [-0.39, 0.29) is 0 Å². The fourth-order valence-electron chi connectivity index (χ4n) is 2.28. The maximum atomic E-state index is 5.63. The third kappa shape index (κ3) is 1.25. The smallest absolute Gasteiger partial charge is 0.0730 e. The van der Waals surface area contributed by atoms with Crippen LogP contribution in [0.25, 0.3) is 0 Å². The van der Waals surface area contributed by atoms with Gasteiger partial charge in [0.15, 0.2) is 0 Å². The molecule has 0 unspecified atom stereocenters. The van der Waals surface area contributed by atoms with Crippen LogP contribution in [0, 0.1) is 0 Å². The topological polar surface area (TPSA) is 56.7 Å². The molecular weight excluding hydrogens is 164 g/mol. The van der Waals surface area contributed by atoms with Gasteiger partial charge in [0.1, 0.15) is 0 Å². The molecule has 13 heavy (non-hydrogen) atoms. The van der Waals surface area contributed by atoms with Gasteiger partial charge in [0.05, 0.1) is 11.9 Å². The molecule has 1 aromatic heterocycles. The van der Waals surface area contributed by atoms with E-state index in [1.165, 1.54) is 25.0 Å². The van der Waals surface area contributed by atoms with Crippen LogP contribution in [-0.4, -0.2) is 21.5 Å². The molecule has 2 N–H and O–H groups in total. The molecule has 2 rings (SSSR count). The molecule has 0 radical (unpaired) electrons. The summed E-state index contributed by atoms with van der Waals surface area (Å²) in [5.74, 6) is 0. The van der Waals surface area contributed by atoms with Gasteiger partial charge in [-0.3, -0.25) is 4.68 Å². The fraction of sp³-hybridized carbons (Fsp3) is 0.778. The van der Waals surface area contributed by atoms with Crippen molar-refractivity contribution in [1.29, 1.82) is 0 Å². The Hall–Kier alpha value is -0.900. The molecule has 0 spiro atoms.